The second-order valence-corrected chi connectivity index (χ2v) is 6.31. The second-order valence-electron chi connectivity index (χ2n) is 5.02. The first kappa shape index (κ1) is 12.0. The molecule has 1 atom stereocenters. The molecule has 2 aliphatic heterocycles. The quantitative estimate of drug-likeness (QED) is 0.784. The van der Waals surface area contributed by atoms with Crippen molar-refractivity contribution in [1.29, 1.82) is 0 Å². The highest BCUT2D eigenvalue weighted by Gasteiger charge is 2.29. The van der Waals surface area contributed by atoms with Crippen molar-refractivity contribution in [2.24, 2.45) is 0 Å². The smallest absolute Gasteiger partial charge is 0.228 e. The Bertz CT molecular complexity index is 457. The van der Waals surface area contributed by atoms with E-state index in [1.807, 2.05) is 11.0 Å². The summed E-state index contributed by atoms with van der Waals surface area (Å²) in [5.74, 6) is 0.218. The number of hydrogen-bond donors (Lipinski definition) is 0. The number of benzene rings is 1. The summed E-state index contributed by atoms with van der Waals surface area (Å²) in [7, 11) is 0. The first-order chi connectivity index (χ1) is 8.74. The third-order valence-electron chi connectivity index (χ3n) is 3.69. The summed E-state index contributed by atoms with van der Waals surface area (Å²) in [6.07, 6.45) is 3.15. The van der Waals surface area contributed by atoms with Crippen LogP contribution in [0.15, 0.2) is 24.3 Å². The summed E-state index contributed by atoms with van der Waals surface area (Å²) in [6.45, 7) is 3.05. The van der Waals surface area contributed by atoms with E-state index in [0.717, 1.165) is 25.3 Å². The van der Waals surface area contributed by atoms with E-state index in [4.69, 9.17) is 0 Å². The Morgan fingerprint density at radius 3 is 2.56 bits per heavy atom. The van der Waals surface area contributed by atoms with E-state index in [9.17, 15) is 4.79 Å². The first-order valence-corrected chi connectivity index (χ1v) is 7.45. The molecule has 2 aliphatic rings. The number of carbonyl (C=O) groups is 1. The van der Waals surface area contributed by atoms with Crippen molar-refractivity contribution in [3.05, 3.63) is 24.3 Å². The van der Waals surface area contributed by atoms with Crippen molar-refractivity contribution in [1.82, 2.24) is 0 Å². The minimum Gasteiger partial charge on any atom is -0.371 e. The second kappa shape index (κ2) is 4.92. The fraction of sp³-hybridized carbons (Fsp3) is 0.500. The van der Waals surface area contributed by atoms with Gasteiger partial charge in [-0.15, -0.1) is 0 Å². The molecule has 3 nitrogen and oxygen atoms in total. The van der Waals surface area contributed by atoms with E-state index in [0.29, 0.717) is 11.2 Å². The van der Waals surface area contributed by atoms with Gasteiger partial charge in [0.05, 0.1) is 0 Å². The van der Waals surface area contributed by atoms with Gasteiger partial charge >= 0.3 is 0 Å². The van der Waals surface area contributed by atoms with E-state index in [-0.39, 0.29) is 5.91 Å². The van der Waals surface area contributed by atoms with Gasteiger partial charge in [-0.25, -0.2) is 0 Å². The summed E-state index contributed by atoms with van der Waals surface area (Å²) in [4.78, 5) is 16.5. The molecule has 0 spiro atoms. The van der Waals surface area contributed by atoms with Crippen molar-refractivity contribution in [2.45, 2.75) is 24.1 Å². The fourth-order valence-electron chi connectivity index (χ4n) is 2.75. The maximum Gasteiger partial charge on any atom is 0.228 e. The molecule has 3 rings (SSSR count). The summed E-state index contributed by atoms with van der Waals surface area (Å²) < 4.78 is 0. The van der Waals surface area contributed by atoms with Gasteiger partial charge < -0.3 is 9.80 Å². The topological polar surface area (TPSA) is 23.6 Å². The third kappa shape index (κ3) is 2.26. The van der Waals surface area contributed by atoms with E-state index in [2.05, 4.69) is 39.0 Å². The van der Waals surface area contributed by atoms with Crippen LogP contribution in [0.1, 0.15) is 19.3 Å². The molecule has 2 heterocycles. The molecule has 0 aromatic heterocycles. The van der Waals surface area contributed by atoms with Gasteiger partial charge in [-0.3, -0.25) is 4.79 Å². The van der Waals surface area contributed by atoms with Crippen LogP contribution in [-0.2, 0) is 4.79 Å². The molecule has 2 fully saturated rings. The Morgan fingerprint density at radius 1 is 1.17 bits per heavy atom. The molecule has 1 unspecified atom stereocenters. The van der Waals surface area contributed by atoms with Gasteiger partial charge in [0.1, 0.15) is 0 Å². The summed E-state index contributed by atoms with van der Waals surface area (Å²) in [5, 5.41) is 0. The highest BCUT2D eigenvalue weighted by atomic mass is 79.9. The minimum atomic E-state index is 0.218. The SMILES string of the molecule is O=C1CC(Br)CN1c1cccc(N2CCCC2)c1. The van der Waals surface area contributed by atoms with Gasteiger partial charge in [-0.2, -0.15) is 0 Å². The Labute approximate surface area is 116 Å². The molecule has 1 amide bonds. The van der Waals surface area contributed by atoms with Crippen LogP contribution in [0.4, 0.5) is 11.4 Å². The van der Waals surface area contributed by atoms with Crippen molar-refractivity contribution in [3.63, 3.8) is 0 Å². The molecule has 0 bridgehead atoms. The van der Waals surface area contributed by atoms with Crippen LogP contribution in [0.5, 0.6) is 0 Å². The standard InChI is InChI=1S/C14H17BrN2O/c15-11-8-14(18)17(10-11)13-5-3-4-12(9-13)16-6-1-2-7-16/h3-5,9,11H,1-2,6-8,10H2. The number of halogens is 1. The number of nitrogens with zero attached hydrogens (tertiary/aromatic N) is 2. The van der Waals surface area contributed by atoms with Gasteiger partial charge in [-0.05, 0) is 31.0 Å². The van der Waals surface area contributed by atoms with Crippen molar-refractivity contribution < 1.29 is 4.79 Å². The number of amides is 1. The Hall–Kier alpha value is -1.03. The molecule has 0 N–H and O–H groups in total. The fourth-order valence-corrected chi connectivity index (χ4v) is 3.31. The van der Waals surface area contributed by atoms with E-state index in [1.54, 1.807) is 0 Å². The lowest BCUT2D eigenvalue weighted by Gasteiger charge is -2.21. The molecule has 0 saturated carbocycles. The maximum absolute atomic E-state index is 11.9. The highest BCUT2D eigenvalue weighted by molar-refractivity contribution is 9.09. The molecular weight excluding hydrogens is 292 g/mol. The van der Waals surface area contributed by atoms with E-state index < -0.39 is 0 Å². The van der Waals surface area contributed by atoms with Crippen LogP contribution < -0.4 is 9.80 Å². The molecule has 0 aliphatic carbocycles. The number of rotatable bonds is 2. The molecular formula is C14H17BrN2O. The monoisotopic (exact) mass is 308 g/mol. The Morgan fingerprint density at radius 2 is 1.89 bits per heavy atom. The summed E-state index contributed by atoms with van der Waals surface area (Å²) >= 11 is 3.53. The lowest BCUT2D eigenvalue weighted by atomic mass is 10.2. The Kier molecular flexibility index (Phi) is 3.29. The molecule has 1 aromatic carbocycles. The molecule has 96 valence electrons. The molecule has 0 radical (unpaired) electrons. The lowest BCUT2D eigenvalue weighted by Crippen LogP contribution is -2.25. The number of hydrogen-bond acceptors (Lipinski definition) is 2. The van der Waals surface area contributed by atoms with Crippen LogP contribution in [0, 0.1) is 0 Å². The molecule has 2 saturated heterocycles. The van der Waals surface area contributed by atoms with Gasteiger partial charge in [0.2, 0.25) is 5.91 Å². The van der Waals surface area contributed by atoms with Crippen LogP contribution in [0.25, 0.3) is 0 Å². The average Bonchev–Trinajstić information content (AvgIpc) is 2.99. The zero-order valence-electron chi connectivity index (χ0n) is 10.3. The largest absolute Gasteiger partial charge is 0.371 e. The first-order valence-electron chi connectivity index (χ1n) is 6.53. The molecule has 18 heavy (non-hydrogen) atoms. The van der Waals surface area contributed by atoms with Crippen LogP contribution in [-0.4, -0.2) is 30.4 Å². The molecule has 1 aromatic rings. The van der Waals surface area contributed by atoms with Crippen molar-refractivity contribution in [3.8, 4) is 0 Å². The number of anilines is 2. The number of carbonyl (C=O) groups excluding carboxylic acids is 1. The van der Waals surface area contributed by atoms with Gasteiger partial charge in [0, 0.05) is 42.3 Å². The highest BCUT2D eigenvalue weighted by Crippen LogP contribution is 2.29. The van der Waals surface area contributed by atoms with Gasteiger partial charge in [-0.1, -0.05) is 22.0 Å². The molecule has 4 heteroatoms. The summed E-state index contributed by atoms with van der Waals surface area (Å²) in [5.41, 5.74) is 2.28. The van der Waals surface area contributed by atoms with Crippen LogP contribution in [0.2, 0.25) is 0 Å². The van der Waals surface area contributed by atoms with Crippen molar-refractivity contribution >= 4 is 33.2 Å². The van der Waals surface area contributed by atoms with Crippen LogP contribution in [0.3, 0.4) is 0 Å². The van der Waals surface area contributed by atoms with Crippen molar-refractivity contribution in [2.75, 3.05) is 29.4 Å². The van der Waals surface area contributed by atoms with Crippen LogP contribution >= 0.6 is 15.9 Å². The lowest BCUT2D eigenvalue weighted by molar-refractivity contribution is -0.117. The Balaban J connectivity index is 1.84. The maximum atomic E-state index is 11.9. The van der Waals surface area contributed by atoms with E-state index >= 15 is 0 Å². The minimum absolute atomic E-state index is 0.218. The van der Waals surface area contributed by atoms with E-state index in [1.165, 1.54) is 18.5 Å². The normalized spacial score (nSPS) is 24.1. The average molecular weight is 309 g/mol. The predicted molar refractivity (Wildman–Crippen MR) is 77.6 cm³/mol. The third-order valence-corrected chi connectivity index (χ3v) is 4.30. The number of alkyl halides is 1. The van der Waals surface area contributed by atoms with Gasteiger partial charge in [0.15, 0.2) is 0 Å². The zero-order chi connectivity index (χ0) is 12.5. The predicted octanol–water partition coefficient (Wildman–Crippen LogP) is 2.79. The van der Waals surface area contributed by atoms with Gasteiger partial charge in [0.25, 0.3) is 0 Å². The zero-order valence-corrected chi connectivity index (χ0v) is 11.9. The summed E-state index contributed by atoms with van der Waals surface area (Å²) in [6, 6.07) is 8.37.